The Morgan fingerprint density at radius 1 is 1.12 bits per heavy atom. The smallest absolute Gasteiger partial charge is 0.175 e. The minimum Gasteiger partial charge on any atom is -0.298 e. The van der Waals surface area contributed by atoms with Crippen LogP contribution in [0, 0.1) is 13.8 Å². The minimum absolute atomic E-state index is 0.428. The van der Waals surface area contributed by atoms with Crippen LogP contribution in [0.2, 0.25) is 0 Å². The molecule has 0 radical (unpaired) electrons. The molecule has 0 bridgehead atoms. The number of rotatable bonds is 5. The Balaban J connectivity index is 1.76. The predicted octanol–water partition coefficient (Wildman–Crippen LogP) is 2.91. The van der Waals surface area contributed by atoms with Crippen LogP contribution < -0.4 is 0 Å². The fraction of sp³-hybridized carbons (Fsp3) is 0.550. The third-order valence-corrected chi connectivity index (χ3v) is 6.46. The van der Waals surface area contributed by atoms with Crippen LogP contribution in [0.15, 0.2) is 23.1 Å². The van der Waals surface area contributed by atoms with Crippen molar-refractivity contribution in [3.63, 3.8) is 0 Å². The van der Waals surface area contributed by atoms with E-state index in [0.29, 0.717) is 4.90 Å². The number of benzene rings is 1. The lowest BCUT2D eigenvalue weighted by atomic mass is 10.0. The summed E-state index contributed by atoms with van der Waals surface area (Å²) in [4.78, 5) is 2.89. The molecule has 0 spiro atoms. The zero-order valence-electron chi connectivity index (χ0n) is 16.2. The second-order valence-corrected chi connectivity index (χ2v) is 9.37. The lowest BCUT2D eigenvalue weighted by Gasteiger charge is -2.20. The largest absolute Gasteiger partial charge is 0.298 e. The number of aromatic nitrogens is 2. The SMILES string of the molecule is CCCn1nc(C)c(CN2CCc3ccc(S(C)(=O)=O)cc3CC2)c1C. The van der Waals surface area contributed by atoms with Crippen molar-refractivity contribution in [2.75, 3.05) is 19.3 Å². The van der Waals surface area contributed by atoms with Crippen LogP contribution in [0.1, 0.15) is 41.4 Å². The van der Waals surface area contributed by atoms with Crippen molar-refractivity contribution in [2.24, 2.45) is 0 Å². The molecule has 5 nitrogen and oxygen atoms in total. The highest BCUT2D eigenvalue weighted by Gasteiger charge is 2.19. The second kappa shape index (κ2) is 7.53. The topological polar surface area (TPSA) is 55.2 Å². The normalized spacial score (nSPS) is 15.7. The molecule has 1 aliphatic heterocycles. The van der Waals surface area contributed by atoms with Gasteiger partial charge in [-0.25, -0.2) is 8.42 Å². The summed E-state index contributed by atoms with van der Waals surface area (Å²) in [6.45, 7) is 10.2. The molecule has 142 valence electrons. The molecular formula is C20H29N3O2S. The fourth-order valence-corrected chi connectivity index (χ4v) is 4.42. The van der Waals surface area contributed by atoms with Gasteiger partial charge in [0.2, 0.25) is 0 Å². The molecule has 3 rings (SSSR count). The molecule has 1 aliphatic rings. The van der Waals surface area contributed by atoms with E-state index in [0.717, 1.165) is 51.1 Å². The van der Waals surface area contributed by atoms with Gasteiger partial charge in [-0.3, -0.25) is 9.58 Å². The van der Waals surface area contributed by atoms with Crippen molar-refractivity contribution >= 4 is 9.84 Å². The van der Waals surface area contributed by atoms with Gasteiger partial charge in [-0.05, 0) is 56.4 Å². The first-order chi connectivity index (χ1) is 12.3. The second-order valence-electron chi connectivity index (χ2n) is 7.35. The predicted molar refractivity (Wildman–Crippen MR) is 104 cm³/mol. The molecule has 2 heterocycles. The van der Waals surface area contributed by atoms with E-state index in [1.165, 1.54) is 28.6 Å². The van der Waals surface area contributed by atoms with Gasteiger partial charge in [-0.15, -0.1) is 0 Å². The molecule has 26 heavy (non-hydrogen) atoms. The number of fused-ring (bicyclic) bond motifs is 1. The summed E-state index contributed by atoms with van der Waals surface area (Å²) in [6, 6.07) is 5.60. The highest BCUT2D eigenvalue weighted by atomic mass is 32.2. The van der Waals surface area contributed by atoms with E-state index >= 15 is 0 Å². The molecule has 0 saturated carbocycles. The Bertz CT molecular complexity index is 900. The Hall–Kier alpha value is -1.66. The highest BCUT2D eigenvalue weighted by Crippen LogP contribution is 2.23. The van der Waals surface area contributed by atoms with Gasteiger partial charge in [0.05, 0.1) is 10.6 Å². The zero-order chi connectivity index (χ0) is 18.9. The van der Waals surface area contributed by atoms with Gasteiger partial charge in [0.25, 0.3) is 0 Å². The van der Waals surface area contributed by atoms with Gasteiger partial charge in [0, 0.05) is 43.7 Å². The van der Waals surface area contributed by atoms with Gasteiger partial charge in [0.1, 0.15) is 0 Å². The molecule has 0 atom stereocenters. The standard InChI is InChI=1S/C20H29N3O2S/c1-5-10-23-16(3)20(15(2)21-23)14-22-11-8-17-6-7-19(26(4,24)25)13-18(17)9-12-22/h6-7,13H,5,8-12,14H2,1-4H3. The van der Waals surface area contributed by atoms with E-state index < -0.39 is 9.84 Å². The summed E-state index contributed by atoms with van der Waals surface area (Å²) in [6.07, 6.45) is 4.21. The summed E-state index contributed by atoms with van der Waals surface area (Å²) in [5.74, 6) is 0. The maximum Gasteiger partial charge on any atom is 0.175 e. The Labute approximate surface area is 156 Å². The number of sulfone groups is 1. The molecule has 0 saturated heterocycles. The molecule has 6 heteroatoms. The lowest BCUT2D eigenvalue weighted by Crippen LogP contribution is -2.26. The molecule has 1 aromatic carbocycles. The number of hydrogen-bond acceptors (Lipinski definition) is 4. The van der Waals surface area contributed by atoms with Gasteiger partial charge in [0.15, 0.2) is 9.84 Å². The Morgan fingerprint density at radius 3 is 2.46 bits per heavy atom. The molecule has 0 aliphatic carbocycles. The molecule has 0 fully saturated rings. The van der Waals surface area contributed by atoms with E-state index in [2.05, 4.69) is 30.4 Å². The van der Waals surface area contributed by atoms with Crippen LogP contribution in [0.25, 0.3) is 0 Å². The van der Waals surface area contributed by atoms with Gasteiger partial charge >= 0.3 is 0 Å². The minimum atomic E-state index is -3.15. The van der Waals surface area contributed by atoms with Crippen molar-refractivity contribution in [3.8, 4) is 0 Å². The quantitative estimate of drug-likeness (QED) is 0.806. The zero-order valence-corrected chi connectivity index (χ0v) is 17.1. The summed E-state index contributed by atoms with van der Waals surface area (Å²) < 4.78 is 25.8. The average molecular weight is 376 g/mol. The van der Waals surface area contributed by atoms with E-state index in [4.69, 9.17) is 5.10 Å². The summed E-state index contributed by atoms with van der Waals surface area (Å²) in [7, 11) is -3.15. The van der Waals surface area contributed by atoms with Crippen molar-refractivity contribution in [3.05, 3.63) is 46.3 Å². The van der Waals surface area contributed by atoms with Crippen molar-refractivity contribution < 1.29 is 8.42 Å². The van der Waals surface area contributed by atoms with Crippen LogP contribution in [-0.2, 0) is 35.8 Å². The third kappa shape index (κ3) is 4.01. The van der Waals surface area contributed by atoms with E-state index in [9.17, 15) is 8.42 Å². The van der Waals surface area contributed by atoms with E-state index in [1.807, 2.05) is 12.1 Å². The first kappa shape index (κ1) is 19.1. The Kier molecular flexibility index (Phi) is 5.53. The first-order valence-corrected chi connectivity index (χ1v) is 11.3. The summed E-state index contributed by atoms with van der Waals surface area (Å²) >= 11 is 0. The summed E-state index contributed by atoms with van der Waals surface area (Å²) in [5.41, 5.74) is 6.17. The van der Waals surface area contributed by atoms with Crippen LogP contribution in [0.3, 0.4) is 0 Å². The number of hydrogen-bond donors (Lipinski definition) is 0. The molecular weight excluding hydrogens is 346 g/mol. The average Bonchev–Trinajstić information content (AvgIpc) is 2.75. The molecule has 2 aromatic rings. The van der Waals surface area contributed by atoms with E-state index in [1.54, 1.807) is 6.07 Å². The van der Waals surface area contributed by atoms with Gasteiger partial charge in [-0.2, -0.15) is 5.10 Å². The molecule has 1 aromatic heterocycles. The third-order valence-electron chi connectivity index (χ3n) is 5.35. The van der Waals surface area contributed by atoms with Crippen molar-refractivity contribution in [1.29, 1.82) is 0 Å². The van der Waals surface area contributed by atoms with Crippen molar-refractivity contribution in [1.82, 2.24) is 14.7 Å². The van der Waals surface area contributed by atoms with Crippen LogP contribution in [0.5, 0.6) is 0 Å². The maximum atomic E-state index is 11.8. The number of aryl methyl sites for hydroxylation is 2. The maximum absolute atomic E-state index is 11.8. The van der Waals surface area contributed by atoms with Crippen LogP contribution in [-0.4, -0.2) is 42.4 Å². The first-order valence-electron chi connectivity index (χ1n) is 9.36. The van der Waals surface area contributed by atoms with E-state index in [-0.39, 0.29) is 0 Å². The van der Waals surface area contributed by atoms with Crippen LogP contribution >= 0.6 is 0 Å². The Morgan fingerprint density at radius 2 is 1.81 bits per heavy atom. The molecule has 0 amide bonds. The number of nitrogens with zero attached hydrogens (tertiary/aromatic N) is 3. The van der Waals surface area contributed by atoms with Gasteiger partial charge < -0.3 is 0 Å². The molecule has 0 unspecified atom stereocenters. The highest BCUT2D eigenvalue weighted by molar-refractivity contribution is 7.90. The fourth-order valence-electron chi connectivity index (χ4n) is 3.75. The summed E-state index contributed by atoms with van der Waals surface area (Å²) in [5, 5.41) is 4.69. The molecule has 0 N–H and O–H groups in total. The van der Waals surface area contributed by atoms with Gasteiger partial charge in [-0.1, -0.05) is 13.0 Å². The van der Waals surface area contributed by atoms with Crippen LogP contribution in [0.4, 0.5) is 0 Å². The van der Waals surface area contributed by atoms with Crippen molar-refractivity contribution in [2.45, 2.75) is 58.0 Å². The monoisotopic (exact) mass is 375 g/mol. The lowest BCUT2D eigenvalue weighted by molar-refractivity contribution is 0.278.